The second kappa shape index (κ2) is 20.9. The molecule has 1 radical (unpaired) electrons. The van der Waals surface area contributed by atoms with Crippen LogP contribution < -0.4 is 0 Å². The van der Waals surface area contributed by atoms with Gasteiger partial charge in [0, 0.05) is 59.2 Å². The van der Waals surface area contributed by atoms with Crippen LogP contribution in [0, 0.1) is 19.0 Å². The van der Waals surface area contributed by atoms with Crippen molar-refractivity contribution in [1.82, 2.24) is 15.0 Å². The van der Waals surface area contributed by atoms with E-state index in [1.165, 1.54) is 12.3 Å². The fraction of sp³-hybridized carbons (Fsp3) is 0.162. The molecule has 0 saturated heterocycles. The molecule has 0 saturated carbocycles. The van der Waals surface area contributed by atoms with E-state index in [-0.39, 0.29) is 47.9 Å². The Morgan fingerprint density at radius 1 is 0.493 bits per heavy atom. The molecule has 5 heteroatoms. The maximum absolute atomic E-state index is 10.1. The predicted octanol–water partition coefficient (Wildman–Crippen LogP) is 16.8. The van der Waals surface area contributed by atoms with Crippen LogP contribution in [-0.4, -0.2) is 15.0 Å². The van der Waals surface area contributed by atoms with Crippen LogP contribution in [0.4, 0.5) is 0 Å². The van der Waals surface area contributed by atoms with E-state index in [1.807, 2.05) is 116 Å². The molecule has 0 bridgehead atoms. The molecule has 7 aromatic carbocycles. The van der Waals surface area contributed by atoms with Gasteiger partial charge in [0.15, 0.2) is 0 Å². The molecule has 11 rings (SSSR count). The smallest absolute Gasteiger partial charge is 0.121 e. The van der Waals surface area contributed by atoms with Crippen LogP contribution in [0.25, 0.3) is 78.0 Å². The van der Waals surface area contributed by atoms with Crippen LogP contribution in [0.1, 0.15) is 76.2 Å². The molecule has 0 aliphatic rings. The van der Waals surface area contributed by atoms with Crippen molar-refractivity contribution in [2.45, 2.75) is 71.0 Å². The van der Waals surface area contributed by atoms with Crippen molar-refractivity contribution in [3.05, 3.63) is 258 Å². The van der Waals surface area contributed by atoms with Gasteiger partial charge in [0.25, 0.3) is 0 Å². The number of hydrogen-bond acceptors (Lipinski definition) is 4. The van der Waals surface area contributed by atoms with E-state index in [4.69, 9.17) is 23.5 Å². The van der Waals surface area contributed by atoms with Gasteiger partial charge in [-0.2, -0.15) is 0 Å². The van der Waals surface area contributed by atoms with E-state index in [2.05, 4.69) is 76.2 Å². The molecule has 4 heterocycles. The Hall–Kier alpha value is -7.56. The molecule has 361 valence electrons. The molecule has 0 spiro atoms. The molecular formula is C68H57IrN3O-2. The molecule has 4 aromatic heterocycles. The molecule has 0 amide bonds. The van der Waals surface area contributed by atoms with Gasteiger partial charge in [-0.25, -0.2) is 0 Å². The third-order valence-electron chi connectivity index (χ3n) is 13.7. The SMILES string of the molecule is [2H]C([2H])([2H])c1ccccc1-c1cc(-c2[c-]cc3oc4cc(-c5ccccc5)ccc4c3c2)ncc1C([2H])([2H])C([2H])([2H])c1cc(CC(C)(C)c2ccc(-c3[c-]cccc3)nc2)cc(CC(C)(C)c2ccc(-c3ccccc3)nc2)c1.[Ir]. The molecule has 4 nitrogen and oxygen atoms in total. The first-order valence-corrected chi connectivity index (χ1v) is 24.4. The van der Waals surface area contributed by atoms with Crippen LogP contribution in [0.2, 0.25) is 0 Å². The topological polar surface area (TPSA) is 51.8 Å². The van der Waals surface area contributed by atoms with Crippen molar-refractivity contribution >= 4 is 21.9 Å². The van der Waals surface area contributed by atoms with Gasteiger partial charge in [0.2, 0.25) is 0 Å². The van der Waals surface area contributed by atoms with Crippen LogP contribution in [0.15, 0.2) is 211 Å². The first-order chi connectivity index (χ1) is 37.7. The third kappa shape index (κ3) is 10.7. The maximum Gasteiger partial charge on any atom is 0.121 e. The standard InChI is InChI=1S/C68H57N3O.Ir/c1-46-17-15-16-24-58(46)60-40-64(54-28-34-65-61(38-54)59-31-27-53(39-66(59)72-65)50-18-9-6-10-19-50)69-43-55(60)26-25-47-35-48(41-67(2,3)56-29-32-62(70-44-56)51-20-11-7-12-21-51)37-49(36-47)42-68(4,5)57-30-33-63(71-45-57)52-22-13-8-14-23-52;/h6-22,24,27,29-40,43-45H,25-26,41-42H2,1-5H3;/q-2;/i1D3,25D2,26D2;. The first kappa shape index (κ1) is 41.0. The maximum atomic E-state index is 10.1. The predicted molar refractivity (Wildman–Crippen MR) is 297 cm³/mol. The van der Waals surface area contributed by atoms with Crippen molar-refractivity contribution < 1.29 is 34.1 Å². The minimum absolute atomic E-state index is 0. The number of furan rings is 1. The second-order valence-corrected chi connectivity index (χ2v) is 19.9. The molecule has 0 aliphatic carbocycles. The molecular weight excluding hydrogens is 1070 g/mol. The van der Waals surface area contributed by atoms with Gasteiger partial charge in [-0.3, -0.25) is 4.98 Å². The van der Waals surface area contributed by atoms with E-state index in [0.29, 0.717) is 35.3 Å². The van der Waals surface area contributed by atoms with E-state index in [9.17, 15) is 5.48 Å². The summed E-state index contributed by atoms with van der Waals surface area (Å²) in [5.74, 6) is 0. The molecule has 73 heavy (non-hydrogen) atoms. The summed E-state index contributed by atoms with van der Waals surface area (Å²) in [5.41, 5.74) is 11.1. The zero-order valence-corrected chi connectivity index (χ0v) is 43.5. The fourth-order valence-corrected chi connectivity index (χ4v) is 9.81. The normalized spacial score (nSPS) is 13.7. The largest absolute Gasteiger partial charge is 0.500 e. The summed E-state index contributed by atoms with van der Waals surface area (Å²) in [6, 6.07) is 66.2. The van der Waals surface area contributed by atoms with Crippen molar-refractivity contribution in [3.8, 4) is 56.0 Å². The Balaban J connectivity index is 0.00000720. The van der Waals surface area contributed by atoms with Gasteiger partial charge >= 0.3 is 0 Å². The van der Waals surface area contributed by atoms with Crippen LogP contribution in [-0.2, 0) is 56.5 Å². The Kier molecular flexibility index (Phi) is 11.7. The summed E-state index contributed by atoms with van der Waals surface area (Å²) >= 11 is 0. The van der Waals surface area contributed by atoms with Gasteiger partial charge in [-0.05, 0) is 128 Å². The summed E-state index contributed by atoms with van der Waals surface area (Å²) in [6.45, 7) is 5.97. The number of pyridine rings is 3. The van der Waals surface area contributed by atoms with Gasteiger partial charge in [-0.1, -0.05) is 173 Å². The van der Waals surface area contributed by atoms with E-state index < -0.39 is 30.4 Å². The minimum Gasteiger partial charge on any atom is -0.500 e. The van der Waals surface area contributed by atoms with Gasteiger partial charge in [0.1, 0.15) is 5.58 Å². The number of nitrogens with zero attached hydrogens (tertiary/aromatic N) is 3. The molecule has 0 aliphatic heterocycles. The third-order valence-corrected chi connectivity index (χ3v) is 13.7. The number of benzene rings is 7. The monoisotopic (exact) mass is 1130 g/mol. The summed E-state index contributed by atoms with van der Waals surface area (Å²) in [4.78, 5) is 14.5. The number of fused-ring (bicyclic) bond motifs is 3. The molecule has 0 atom stereocenters. The molecule has 0 N–H and O–H groups in total. The molecule has 0 unspecified atom stereocenters. The zero-order valence-electron chi connectivity index (χ0n) is 48.1. The van der Waals surface area contributed by atoms with Crippen LogP contribution in [0.5, 0.6) is 0 Å². The van der Waals surface area contributed by atoms with E-state index >= 15 is 0 Å². The number of aryl methyl sites for hydroxylation is 3. The van der Waals surface area contributed by atoms with Gasteiger partial charge < -0.3 is 14.4 Å². The van der Waals surface area contributed by atoms with Gasteiger partial charge in [-0.15, -0.1) is 59.7 Å². The molecule has 0 fully saturated rings. The first-order valence-electron chi connectivity index (χ1n) is 27.9. The summed E-state index contributed by atoms with van der Waals surface area (Å²) < 4.78 is 72.5. The van der Waals surface area contributed by atoms with E-state index in [0.717, 1.165) is 66.7 Å². The summed E-state index contributed by atoms with van der Waals surface area (Å²) in [5, 5.41) is 1.72. The Labute approximate surface area is 453 Å². The average Bonchev–Trinajstić information content (AvgIpc) is 3.86. The Morgan fingerprint density at radius 3 is 1.81 bits per heavy atom. The van der Waals surface area contributed by atoms with Gasteiger partial charge in [0.05, 0.1) is 11.3 Å². The van der Waals surface area contributed by atoms with Crippen molar-refractivity contribution in [2.75, 3.05) is 0 Å². The van der Waals surface area contributed by atoms with Crippen molar-refractivity contribution in [2.24, 2.45) is 0 Å². The summed E-state index contributed by atoms with van der Waals surface area (Å²) in [7, 11) is 0. The van der Waals surface area contributed by atoms with E-state index in [1.54, 1.807) is 42.5 Å². The molecule has 11 aromatic rings. The van der Waals surface area contributed by atoms with Crippen molar-refractivity contribution in [3.63, 3.8) is 0 Å². The van der Waals surface area contributed by atoms with Crippen LogP contribution >= 0.6 is 0 Å². The Bertz CT molecular complexity index is 3880. The minimum atomic E-state index is -2.78. The second-order valence-electron chi connectivity index (χ2n) is 19.9. The number of aromatic nitrogens is 3. The average molecular weight is 1130 g/mol. The summed E-state index contributed by atoms with van der Waals surface area (Å²) in [6.07, 6.45) is 0.634. The number of hydrogen-bond donors (Lipinski definition) is 0. The van der Waals surface area contributed by atoms with Crippen LogP contribution in [0.3, 0.4) is 0 Å². The fourth-order valence-electron chi connectivity index (χ4n) is 9.81. The Morgan fingerprint density at radius 2 is 1.14 bits per heavy atom. The quantitative estimate of drug-likeness (QED) is 0.102. The number of rotatable bonds is 14. The zero-order chi connectivity index (χ0) is 55.3. The van der Waals surface area contributed by atoms with Crippen molar-refractivity contribution in [1.29, 1.82) is 0 Å².